The maximum Gasteiger partial charge on any atom is 0.226 e. The van der Waals surface area contributed by atoms with Crippen molar-refractivity contribution in [3.8, 4) is 0 Å². The van der Waals surface area contributed by atoms with Gasteiger partial charge in [-0.25, -0.2) is 8.42 Å². The van der Waals surface area contributed by atoms with Gasteiger partial charge in [0.25, 0.3) is 0 Å². The minimum Gasteiger partial charge on any atom is -0.340 e. The van der Waals surface area contributed by atoms with Crippen molar-refractivity contribution in [1.29, 1.82) is 0 Å². The summed E-state index contributed by atoms with van der Waals surface area (Å²) in [6.07, 6.45) is 1.67. The molecule has 0 bridgehead atoms. The van der Waals surface area contributed by atoms with Gasteiger partial charge < -0.3 is 10.6 Å². The van der Waals surface area contributed by atoms with Gasteiger partial charge in [0.2, 0.25) is 5.91 Å². The van der Waals surface area contributed by atoms with Crippen LogP contribution in [0.1, 0.15) is 33.6 Å². The van der Waals surface area contributed by atoms with Crippen molar-refractivity contribution in [2.24, 2.45) is 23.0 Å². The maximum atomic E-state index is 12.7. The van der Waals surface area contributed by atoms with E-state index in [1.807, 2.05) is 0 Å². The van der Waals surface area contributed by atoms with Crippen LogP contribution in [-0.4, -0.2) is 49.9 Å². The Morgan fingerprint density at radius 1 is 1.20 bits per heavy atom. The first kappa shape index (κ1) is 15.8. The molecule has 6 heteroatoms. The van der Waals surface area contributed by atoms with Gasteiger partial charge in [-0.1, -0.05) is 20.8 Å². The highest BCUT2D eigenvalue weighted by atomic mass is 32.2. The lowest BCUT2D eigenvalue weighted by Crippen LogP contribution is -2.54. The zero-order valence-corrected chi connectivity index (χ0v) is 13.4. The number of hydrogen-bond acceptors (Lipinski definition) is 4. The number of hydrogen-bond donors (Lipinski definition) is 1. The van der Waals surface area contributed by atoms with Gasteiger partial charge in [0.05, 0.1) is 11.5 Å². The Hall–Kier alpha value is -0.620. The Labute approximate surface area is 121 Å². The molecule has 1 aliphatic heterocycles. The number of amides is 1. The molecule has 5 nitrogen and oxygen atoms in total. The van der Waals surface area contributed by atoms with Crippen LogP contribution in [0, 0.1) is 17.3 Å². The lowest BCUT2D eigenvalue weighted by Gasteiger charge is -2.47. The molecule has 3 atom stereocenters. The highest BCUT2D eigenvalue weighted by molar-refractivity contribution is 7.91. The topological polar surface area (TPSA) is 80.5 Å². The molecular formula is C14H26N2O3S. The van der Waals surface area contributed by atoms with Crippen molar-refractivity contribution in [2.75, 3.05) is 24.6 Å². The van der Waals surface area contributed by atoms with Crippen LogP contribution in [0.15, 0.2) is 0 Å². The fourth-order valence-corrected chi connectivity index (χ4v) is 4.65. The molecule has 0 aromatic carbocycles. The van der Waals surface area contributed by atoms with Gasteiger partial charge in [-0.3, -0.25) is 4.79 Å². The van der Waals surface area contributed by atoms with E-state index in [0.29, 0.717) is 19.0 Å². The summed E-state index contributed by atoms with van der Waals surface area (Å²) >= 11 is 0. The van der Waals surface area contributed by atoms with Crippen LogP contribution >= 0.6 is 0 Å². The van der Waals surface area contributed by atoms with Gasteiger partial charge in [-0.15, -0.1) is 0 Å². The second-order valence-corrected chi connectivity index (χ2v) is 9.18. The van der Waals surface area contributed by atoms with Crippen LogP contribution in [0.5, 0.6) is 0 Å². The standard InChI is InChI=1S/C14H26N2O3S/c1-10-12(15)5-4-11(14(10,2)3)13(17)16-6-8-20(18,19)9-7-16/h10-12H,4-9,15H2,1-3H3. The highest BCUT2D eigenvalue weighted by Gasteiger charge is 2.46. The van der Waals surface area contributed by atoms with E-state index in [0.717, 1.165) is 12.8 Å². The Bertz CT molecular complexity index is 473. The summed E-state index contributed by atoms with van der Waals surface area (Å²) in [5, 5.41) is 0. The number of carbonyl (C=O) groups excluding carboxylic acids is 1. The lowest BCUT2D eigenvalue weighted by molar-refractivity contribution is -0.143. The molecule has 2 rings (SSSR count). The Morgan fingerprint density at radius 3 is 2.30 bits per heavy atom. The molecule has 1 saturated heterocycles. The van der Waals surface area contributed by atoms with Crippen molar-refractivity contribution in [3.05, 3.63) is 0 Å². The van der Waals surface area contributed by atoms with E-state index >= 15 is 0 Å². The van der Waals surface area contributed by atoms with Gasteiger partial charge in [-0.05, 0) is 24.2 Å². The van der Waals surface area contributed by atoms with E-state index in [2.05, 4.69) is 20.8 Å². The second-order valence-electron chi connectivity index (χ2n) is 6.88. The van der Waals surface area contributed by atoms with Crippen LogP contribution in [-0.2, 0) is 14.6 Å². The van der Waals surface area contributed by atoms with Crippen molar-refractivity contribution in [3.63, 3.8) is 0 Å². The molecular weight excluding hydrogens is 276 g/mol. The van der Waals surface area contributed by atoms with E-state index in [9.17, 15) is 13.2 Å². The van der Waals surface area contributed by atoms with E-state index in [1.54, 1.807) is 4.90 Å². The smallest absolute Gasteiger partial charge is 0.226 e. The molecule has 2 N–H and O–H groups in total. The van der Waals surface area contributed by atoms with Crippen LogP contribution in [0.4, 0.5) is 0 Å². The maximum absolute atomic E-state index is 12.7. The molecule has 1 amide bonds. The van der Waals surface area contributed by atoms with Gasteiger partial charge in [0.1, 0.15) is 0 Å². The molecule has 0 spiro atoms. The summed E-state index contributed by atoms with van der Waals surface area (Å²) < 4.78 is 22.9. The van der Waals surface area contributed by atoms with Gasteiger partial charge >= 0.3 is 0 Å². The average Bonchev–Trinajstić information content (AvgIpc) is 2.35. The van der Waals surface area contributed by atoms with Gasteiger partial charge in [0, 0.05) is 25.0 Å². The Balaban J connectivity index is 2.09. The zero-order chi connectivity index (χ0) is 15.1. The van der Waals surface area contributed by atoms with Crippen LogP contribution in [0.25, 0.3) is 0 Å². The molecule has 2 fully saturated rings. The minimum absolute atomic E-state index is 0.0434. The molecule has 3 unspecified atom stereocenters. The zero-order valence-electron chi connectivity index (χ0n) is 12.6. The number of carbonyl (C=O) groups is 1. The first-order chi connectivity index (χ1) is 9.15. The molecule has 0 radical (unpaired) electrons. The number of nitrogens with two attached hydrogens (primary N) is 1. The third-order valence-corrected chi connectivity index (χ3v) is 7.07. The predicted octanol–water partition coefficient (Wildman–Crippen LogP) is 0.643. The summed E-state index contributed by atoms with van der Waals surface area (Å²) in [6.45, 7) is 7.02. The van der Waals surface area contributed by atoms with Gasteiger partial charge in [0.15, 0.2) is 9.84 Å². The first-order valence-corrected chi connectivity index (χ1v) is 9.22. The Morgan fingerprint density at radius 2 is 1.75 bits per heavy atom. The summed E-state index contributed by atoms with van der Waals surface area (Å²) in [6, 6.07) is 0.149. The summed E-state index contributed by atoms with van der Waals surface area (Å²) in [5.74, 6) is 0.558. The van der Waals surface area contributed by atoms with E-state index in [4.69, 9.17) is 5.73 Å². The van der Waals surface area contributed by atoms with Crippen molar-refractivity contribution < 1.29 is 13.2 Å². The molecule has 1 saturated carbocycles. The molecule has 1 heterocycles. The SMILES string of the molecule is CC1C(N)CCC(C(=O)N2CCS(=O)(=O)CC2)C1(C)C. The summed E-state index contributed by atoms with van der Waals surface area (Å²) in [5.41, 5.74) is 5.99. The molecule has 116 valence electrons. The lowest BCUT2D eigenvalue weighted by atomic mass is 9.60. The predicted molar refractivity (Wildman–Crippen MR) is 78.9 cm³/mol. The Kier molecular flexibility index (Phi) is 4.17. The van der Waals surface area contributed by atoms with E-state index in [1.165, 1.54) is 0 Å². The molecule has 2 aliphatic rings. The fraction of sp³-hybridized carbons (Fsp3) is 0.929. The molecule has 0 aromatic heterocycles. The molecule has 20 heavy (non-hydrogen) atoms. The average molecular weight is 302 g/mol. The molecule has 1 aliphatic carbocycles. The largest absolute Gasteiger partial charge is 0.340 e. The number of nitrogens with zero attached hydrogens (tertiary/aromatic N) is 1. The van der Waals surface area contributed by atoms with E-state index < -0.39 is 9.84 Å². The van der Waals surface area contributed by atoms with Gasteiger partial charge in [-0.2, -0.15) is 0 Å². The third-order valence-electron chi connectivity index (χ3n) is 5.46. The monoisotopic (exact) mass is 302 g/mol. The van der Waals surface area contributed by atoms with Crippen LogP contribution in [0.2, 0.25) is 0 Å². The minimum atomic E-state index is -2.94. The first-order valence-electron chi connectivity index (χ1n) is 7.40. The third kappa shape index (κ3) is 2.86. The van der Waals surface area contributed by atoms with Crippen molar-refractivity contribution in [2.45, 2.75) is 39.7 Å². The van der Waals surface area contributed by atoms with Crippen molar-refractivity contribution >= 4 is 15.7 Å². The van der Waals surface area contributed by atoms with Crippen LogP contribution in [0.3, 0.4) is 0 Å². The van der Waals surface area contributed by atoms with Crippen LogP contribution < -0.4 is 5.73 Å². The second kappa shape index (κ2) is 5.30. The normalized spacial score (nSPS) is 36.6. The van der Waals surface area contributed by atoms with Crippen molar-refractivity contribution in [1.82, 2.24) is 4.90 Å². The summed E-state index contributed by atoms with van der Waals surface area (Å²) in [4.78, 5) is 14.5. The fourth-order valence-electron chi connectivity index (χ4n) is 3.45. The molecule has 0 aromatic rings. The number of rotatable bonds is 1. The quantitative estimate of drug-likeness (QED) is 0.771. The van der Waals surface area contributed by atoms with E-state index in [-0.39, 0.29) is 34.8 Å². The summed E-state index contributed by atoms with van der Waals surface area (Å²) in [7, 11) is -2.94. The highest BCUT2D eigenvalue weighted by Crippen LogP contribution is 2.45. The number of sulfone groups is 1.